The standard InChI is InChI=1S/C17H25FO2S/c1-17(2,3)21(4,5)20-15-8-6-7-13(16(15)18)14(19)11-12-9-10-12/h6-8,12H,9-11H2,1-5H3. The van der Waals surface area contributed by atoms with Crippen LogP contribution in [0.4, 0.5) is 4.39 Å². The van der Waals surface area contributed by atoms with Crippen molar-refractivity contribution >= 4 is 16.1 Å². The Balaban J connectivity index is 2.23. The summed E-state index contributed by atoms with van der Waals surface area (Å²) in [6.45, 7) is 6.26. The predicted molar refractivity (Wildman–Crippen MR) is 87.9 cm³/mol. The quantitative estimate of drug-likeness (QED) is 0.718. The molecule has 2 nitrogen and oxygen atoms in total. The van der Waals surface area contributed by atoms with E-state index < -0.39 is 16.1 Å². The summed E-state index contributed by atoms with van der Waals surface area (Å²) in [5.74, 6) is 0.0432. The molecule has 4 heteroatoms. The van der Waals surface area contributed by atoms with E-state index in [4.69, 9.17) is 4.18 Å². The lowest BCUT2D eigenvalue weighted by molar-refractivity contribution is 0.0971. The zero-order valence-corrected chi connectivity index (χ0v) is 14.3. The van der Waals surface area contributed by atoms with Crippen LogP contribution in [0.15, 0.2) is 18.2 Å². The first-order valence-electron chi connectivity index (χ1n) is 7.36. The normalized spacial score (nSPS) is 16.7. The van der Waals surface area contributed by atoms with Gasteiger partial charge in [-0.15, -0.1) is 0 Å². The number of hydrogen-bond acceptors (Lipinski definition) is 2. The maximum absolute atomic E-state index is 14.6. The van der Waals surface area contributed by atoms with Gasteiger partial charge >= 0.3 is 0 Å². The average Bonchev–Trinajstić information content (AvgIpc) is 3.14. The molecule has 118 valence electrons. The molecule has 2 rings (SSSR count). The lowest BCUT2D eigenvalue weighted by Gasteiger charge is -2.43. The number of ketones is 1. The van der Waals surface area contributed by atoms with Gasteiger partial charge in [-0.25, -0.2) is 4.39 Å². The van der Waals surface area contributed by atoms with E-state index in [0.29, 0.717) is 12.3 Å². The van der Waals surface area contributed by atoms with Crippen LogP contribution in [0, 0.1) is 11.7 Å². The van der Waals surface area contributed by atoms with Crippen molar-refractivity contribution < 1.29 is 13.4 Å². The first kappa shape index (κ1) is 16.3. The zero-order valence-electron chi connectivity index (χ0n) is 13.5. The highest BCUT2D eigenvalue weighted by Crippen LogP contribution is 2.54. The van der Waals surface area contributed by atoms with Crippen molar-refractivity contribution in [2.75, 3.05) is 12.5 Å². The van der Waals surface area contributed by atoms with E-state index in [0.717, 1.165) is 12.8 Å². The number of benzene rings is 1. The largest absolute Gasteiger partial charge is 0.446 e. The van der Waals surface area contributed by atoms with Gasteiger partial charge in [-0.05, 0) is 64.2 Å². The molecule has 0 bridgehead atoms. The van der Waals surface area contributed by atoms with Gasteiger partial charge in [0.1, 0.15) is 0 Å². The van der Waals surface area contributed by atoms with Crippen LogP contribution in [0.1, 0.15) is 50.4 Å². The highest BCUT2D eigenvalue weighted by molar-refractivity contribution is 8.30. The summed E-state index contributed by atoms with van der Waals surface area (Å²) >= 11 is 0. The van der Waals surface area contributed by atoms with E-state index in [9.17, 15) is 9.18 Å². The van der Waals surface area contributed by atoms with Gasteiger partial charge in [0.05, 0.1) is 5.56 Å². The summed E-state index contributed by atoms with van der Waals surface area (Å²) in [5, 5.41) is 0. The fourth-order valence-corrected chi connectivity index (χ4v) is 2.66. The molecule has 0 heterocycles. The number of rotatable bonds is 5. The van der Waals surface area contributed by atoms with Gasteiger partial charge in [0.15, 0.2) is 17.3 Å². The first-order valence-corrected chi connectivity index (χ1v) is 9.73. The molecule has 1 aromatic rings. The summed E-state index contributed by atoms with van der Waals surface area (Å²) in [6, 6.07) is 4.88. The molecule has 1 fully saturated rings. The van der Waals surface area contributed by atoms with Gasteiger partial charge < -0.3 is 4.18 Å². The second-order valence-electron chi connectivity index (χ2n) is 7.12. The van der Waals surface area contributed by atoms with Gasteiger partial charge in [-0.1, -0.05) is 16.4 Å². The zero-order chi connectivity index (χ0) is 15.8. The fourth-order valence-electron chi connectivity index (χ4n) is 1.83. The van der Waals surface area contributed by atoms with Crippen LogP contribution < -0.4 is 4.18 Å². The number of halogens is 1. The second-order valence-corrected chi connectivity index (χ2v) is 11.0. The Hall–Kier alpha value is -1.03. The minimum atomic E-state index is -1.48. The van der Waals surface area contributed by atoms with Crippen LogP contribution in [0.3, 0.4) is 0 Å². The Bertz CT molecular complexity index is 542. The summed E-state index contributed by atoms with van der Waals surface area (Å²) in [7, 11) is -1.48. The van der Waals surface area contributed by atoms with Crippen molar-refractivity contribution in [2.24, 2.45) is 5.92 Å². The van der Waals surface area contributed by atoms with Crippen molar-refractivity contribution in [1.29, 1.82) is 0 Å². The van der Waals surface area contributed by atoms with Crippen LogP contribution in [0.25, 0.3) is 0 Å². The summed E-state index contributed by atoms with van der Waals surface area (Å²) in [6.07, 6.45) is 6.67. The first-order chi connectivity index (χ1) is 9.62. The third kappa shape index (κ3) is 3.79. The van der Waals surface area contributed by atoms with Crippen molar-refractivity contribution in [1.82, 2.24) is 0 Å². The van der Waals surface area contributed by atoms with Gasteiger partial charge in [0, 0.05) is 11.2 Å². The van der Waals surface area contributed by atoms with Gasteiger partial charge in [0.2, 0.25) is 0 Å². The Morgan fingerprint density at radius 3 is 2.48 bits per heavy atom. The minimum absolute atomic E-state index is 0.0620. The molecule has 0 aliphatic heterocycles. The molecule has 0 saturated heterocycles. The van der Waals surface area contributed by atoms with E-state index in [1.165, 1.54) is 0 Å². The van der Waals surface area contributed by atoms with Crippen LogP contribution in [0.2, 0.25) is 0 Å². The maximum Gasteiger partial charge on any atom is 0.177 e. The molecule has 0 atom stereocenters. The van der Waals surface area contributed by atoms with Crippen molar-refractivity contribution in [3.05, 3.63) is 29.6 Å². The van der Waals surface area contributed by atoms with E-state index in [-0.39, 0.29) is 21.8 Å². The van der Waals surface area contributed by atoms with Crippen LogP contribution in [-0.4, -0.2) is 23.0 Å². The molecule has 0 radical (unpaired) electrons. The Kier molecular flexibility index (Phi) is 4.39. The summed E-state index contributed by atoms with van der Waals surface area (Å²) in [4.78, 5) is 12.1. The number of Topliss-reactive ketones (excluding diaryl/α,β-unsaturated/α-hetero) is 1. The van der Waals surface area contributed by atoms with E-state index in [2.05, 4.69) is 20.8 Å². The second kappa shape index (κ2) is 5.64. The third-order valence-corrected chi connectivity index (χ3v) is 7.75. The van der Waals surface area contributed by atoms with E-state index in [1.54, 1.807) is 18.2 Å². The summed E-state index contributed by atoms with van der Waals surface area (Å²) < 4.78 is 20.5. The average molecular weight is 312 g/mol. The number of hydrogen-bond donors (Lipinski definition) is 0. The molecule has 0 aromatic heterocycles. The number of carbonyl (C=O) groups is 1. The van der Waals surface area contributed by atoms with E-state index in [1.807, 2.05) is 12.5 Å². The predicted octanol–water partition coefficient (Wildman–Crippen LogP) is 4.97. The van der Waals surface area contributed by atoms with Crippen LogP contribution in [-0.2, 0) is 0 Å². The molecular weight excluding hydrogens is 287 g/mol. The van der Waals surface area contributed by atoms with E-state index >= 15 is 0 Å². The Morgan fingerprint density at radius 1 is 1.33 bits per heavy atom. The number of carbonyl (C=O) groups excluding carboxylic acids is 1. The van der Waals surface area contributed by atoms with Crippen molar-refractivity contribution in [3.63, 3.8) is 0 Å². The van der Waals surface area contributed by atoms with Crippen molar-refractivity contribution in [3.8, 4) is 5.75 Å². The highest BCUT2D eigenvalue weighted by atomic mass is 32.3. The van der Waals surface area contributed by atoms with Gasteiger partial charge in [-0.2, -0.15) is 0 Å². The SMILES string of the molecule is CC(C)(C)S(C)(C)Oc1cccc(C(=O)CC2CC2)c1F. The maximum atomic E-state index is 14.6. The molecule has 0 spiro atoms. The molecule has 0 unspecified atom stereocenters. The molecule has 1 aliphatic carbocycles. The van der Waals surface area contributed by atoms with Crippen molar-refractivity contribution in [2.45, 2.75) is 44.8 Å². The molecule has 0 N–H and O–H groups in total. The Morgan fingerprint density at radius 2 is 1.95 bits per heavy atom. The lowest BCUT2D eigenvalue weighted by atomic mass is 10.1. The van der Waals surface area contributed by atoms with Crippen LogP contribution in [0.5, 0.6) is 5.75 Å². The Labute approximate surface area is 128 Å². The smallest absolute Gasteiger partial charge is 0.177 e. The van der Waals surface area contributed by atoms with Crippen LogP contribution >= 0.6 is 10.3 Å². The molecule has 1 aliphatic rings. The molecule has 1 saturated carbocycles. The minimum Gasteiger partial charge on any atom is -0.446 e. The topological polar surface area (TPSA) is 26.3 Å². The monoisotopic (exact) mass is 312 g/mol. The third-order valence-electron chi connectivity index (χ3n) is 4.21. The molecule has 1 aromatic carbocycles. The highest BCUT2D eigenvalue weighted by Gasteiger charge is 2.32. The fraction of sp³-hybridized carbons (Fsp3) is 0.588. The molecule has 0 amide bonds. The van der Waals surface area contributed by atoms with Gasteiger partial charge in [-0.3, -0.25) is 4.79 Å². The lowest BCUT2D eigenvalue weighted by Crippen LogP contribution is -2.27. The summed E-state index contributed by atoms with van der Waals surface area (Å²) in [5.41, 5.74) is 0.170. The van der Waals surface area contributed by atoms with Gasteiger partial charge in [0.25, 0.3) is 0 Å². The molecule has 21 heavy (non-hydrogen) atoms. The molecular formula is C17H25FO2S.